The van der Waals surface area contributed by atoms with E-state index < -0.39 is 15.8 Å². The third-order valence-corrected chi connectivity index (χ3v) is 8.81. The van der Waals surface area contributed by atoms with Crippen LogP contribution >= 0.6 is 12.4 Å². The molecule has 1 saturated heterocycles. The molecule has 2 aromatic heterocycles. The van der Waals surface area contributed by atoms with Crippen LogP contribution in [-0.2, 0) is 15.8 Å². The third-order valence-electron chi connectivity index (χ3n) is 7.58. The fourth-order valence-corrected chi connectivity index (χ4v) is 6.58. The Bertz CT molecular complexity index is 1960. The van der Waals surface area contributed by atoms with Gasteiger partial charge < -0.3 is 20.1 Å². The number of hydrogen-bond donors (Lipinski definition) is 3. The van der Waals surface area contributed by atoms with Gasteiger partial charge >= 0.3 is 0 Å². The molecular formula is C33H34ClFN6O4S. The maximum absolute atomic E-state index is 15.2. The van der Waals surface area contributed by atoms with Crippen LogP contribution in [0.25, 0.3) is 22.0 Å². The zero-order valence-electron chi connectivity index (χ0n) is 25.3. The van der Waals surface area contributed by atoms with Gasteiger partial charge in [-0.25, -0.2) is 27.8 Å². The molecule has 0 aliphatic carbocycles. The molecule has 0 spiro atoms. The van der Waals surface area contributed by atoms with Crippen molar-refractivity contribution >= 4 is 44.8 Å². The number of halogens is 2. The van der Waals surface area contributed by atoms with Crippen molar-refractivity contribution in [2.45, 2.75) is 31.6 Å². The predicted molar refractivity (Wildman–Crippen MR) is 180 cm³/mol. The van der Waals surface area contributed by atoms with Crippen molar-refractivity contribution in [1.82, 2.24) is 20.3 Å². The first-order valence-corrected chi connectivity index (χ1v) is 16.2. The summed E-state index contributed by atoms with van der Waals surface area (Å²) in [6.45, 7) is 3.71. The van der Waals surface area contributed by atoms with E-state index in [1.165, 1.54) is 13.2 Å². The maximum atomic E-state index is 15.2. The van der Waals surface area contributed by atoms with Gasteiger partial charge in [0.15, 0.2) is 0 Å². The van der Waals surface area contributed by atoms with Crippen molar-refractivity contribution in [3.63, 3.8) is 0 Å². The zero-order chi connectivity index (χ0) is 31.4. The van der Waals surface area contributed by atoms with Gasteiger partial charge in [0, 0.05) is 35.8 Å². The maximum Gasteiger partial charge on any atom is 0.237 e. The van der Waals surface area contributed by atoms with Crippen LogP contribution in [0.15, 0.2) is 79.1 Å². The summed E-state index contributed by atoms with van der Waals surface area (Å²) in [7, 11) is -2.48. The first-order chi connectivity index (χ1) is 21.8. The highest BCUT2D eigenvalue weighted by Gasteiger charge is 2.21. The smallest absolute Gasteiger partial charge is 0.237 e. The first-order valence-electron chi connectivity index (χ1n) is 14.6. The molecule has 0 bridgehead atoms. The number of nitrogens with one attached hydrogen (secondary N) is 3. The summed E-state index contributed by atoms with van der Waals surface area (Å²) in [5.74, 6) is 0.682. The number of aromatic nitrogens is 3. The lowest BCUT2D eigenvalue weighted by Gasteiger charge is -2.23. The lowest BCUT2D eigenvalue weighted by atomic mass is 10.0. The minimum atomic E-state index is -3.99. The molecule has 3 heterocycles. The largest absolute Gasteiger partial charge is 0.497 e. The number of sulfonamides is 1. The Morgan fingerprint density at radius 3 is 2.67 bits per heavy atom. The van der Waals surface area contributed by atoms with Crippen molar-refractivity contribution in [1.29, 1.82) is 0 Å². The van der Waals surface area contributed by atoms with Gasteiger partial charge in [-0.3, -0.25) is 4.72 Å². The molecule has 3 aromatic carbocycles. The van der Waals surface area contributed by atoms with E-state index in [9.17, 15) is 8.42 Å². The molecule has 1 aliphatic rings. The van der Waals surface area contributed by atoms with Gasteiger partial charge in [0.25, 0.3) is 0 Å². The average molecular weight is 665 g/mol. The van der Waals surface area contributed by atoms with Crippen molar-refractivity contribution in [2.75, 3.05) is 30.2 Å². The van der Waals surface area contributed by atoms with E-state index in [4.69, 9.17) is 14.5 Å². The number of benzene rings is 3. The van der Waals surface area contributed by atoms with E-state index >= 15 is 4.39 Å². The number of hydrogen-bond acceptors (Lipinski definition) is 9. The van der Waals surface area contributed by atoms with Crippen LogP contribution in [0.1, 0.15) is 24.0 Å². The van der Waals surface area contributed by atoms with E-state index in [1.807, 2.05) is 13.0 Å². The number of methoxy groups -OCH3 is 1. The second kappa shape index (κ2) is 14.3. The summed E-state index contributed by atoms with van der Waals surface area (Å²) in [5.41, 5.74) is 2.36. The van der Waals surface area contributed by atoms with Crippen molar-refractivity contribution in [2.24, 2.45) is 0 Å². The Kier molecular flexibility index (Phi) is 10.2. The van der Waals surface area contributed by atoms with E-state index in [0.29, 0.717) is 50.9 Å². The zero-order valence-corrected chi connectivity index (χ0v) is 26.9. The normalized spacial score (nSPS) is 14.7. The minimum Gasteiger partial charge on any atom is -0.497 e. The third kappa shape index (κ3) is 7.47. The number of fused-ring (bicyclic) bond motifs is 1. The molecule has 13 heteroatoms. The number of anilines is 2. The van der Waals surface area contributed by atoms with Crippen LogP contribution in [0.5, 0.6) is 17.4 Å². The lowest BCUT2D eigenvalue weighted by molar-refractivity contribution is 0.414. The van der Waals surface area contributed by atoms with Crippen LogP contribution in [0.4, 0.5) is 16.0 Å². The lowest BCUT2D eigenvalue weighted by Crippen LogP contribution is -2.38. The molecule has 1 fully saturated rings. The average Bonchev–Trinajstić information content (AvgIpc) is 3.04. The van der Waals surface area contributed by atoms with Crippen LogP contribution < -0.4 is 24.8 Å². The Hall–Kier alpha value is -4.52. The second-order valence-corrected chi connectivity index (χ2v) is 12.6. The van der Waals surface area contributed by atoms with E-state index in [1.54, 1.807) is 67.0 Å². The van der Waals surface area contributed by atoms with E-state index in [0.717, 1.165) is 31.5 Å². The van der Waals surface area contributed by atoms with Crippen molar-refractivity contribution in [3.8, 4) is 28.6 Å². The van der Waals surface area contributed by atoms with Gasteiger partial charge in [0.05, 0.1) is 29.8 Å². The number of aryl methyl sites for hydroxylation is 1. The van der Waals surface area contributed by atoms with Crippen LogP contribution in [0.2, 0.25) is 0 Å². The van der Waals surface area contributed by atoms with E-state index in [2.05, 4.69) is 25.3 Å². The molecule has 0 amide bonds. The minimum absolute atomic E-state index is 0. The van der Waals surface area contributed by atoms with Gasteiger partial charge in [-0.1, -0.05) is 24.3 Å². The Morgan fingerprint density at radius 2 is 1.87 bits per heavy atom. The molecular weight excluding hydrogens is 631 g/mol. The van der Waals surface area contributed by atoms with Gasteiger partial charge in [-0.05, 0) is 79.9 Å². The highest BCUT2D eigenvalue weighted by Crippen LogP contribution is 2.40. The molecule has 5 aromatic rings. The molecule has 1 unspecified atom stereocenters. The topological polar surface area (TPSA) is 127 Å². The Balaban J connectivity index is 0.00000417. The molecule has 46 heavy (non-hydrogen) atoms. The quantitative estimate of drug-likeness (QED) is 0.154. The van der Waals surface area contributed by atoms with Crippen molar-refractivity contribution in [3.05, 3.63) is 96.1 Å². The molecule has 0 radical (unpaired) electrons. The van der Waals surface area contributed by atoms with Crippen LogP contribution in [-0.4, -0.2) is 49.6 Å². The molecule has 0 saturated carbocycles. The molecule has 1 atom stereocenters. The van der Waals surface area contributed by atoms with Gasteiger partial charge in [0.1, 0.15) is 17.3 Å². The van der Waals surface area contributed by atoms with Gasteiger partial charge in [-0.2, -0.15) is 0 Å². The summed E-state index contributed by atoms with van der Waals surface area (Å²) in [6.07, 6.45) is 5.41. The molecule has 10 nitrogen and oxygen atoms in total. The first kappa shape index (κ1) is 32.9. The fraction of sp³-hybridized carbons (Fsp3) is 0.242. The highest BCUT2D eigenvalue weighted by atomic mass is 35.5. The highest BCUT2D eigenvalue weighted by molar-refractivity contribution is 7.91. The Morgan fingerprint density at radius 1 is 1.02 bits per heavy atom. The monoisotopic (exact) mass is 664 g/mol. The van der Waals surface area contributed by atoms with Crippen LogP contribution in [0, 0.1) is 12.7 Å². The summed E-state index contributed by atoms with van der Waals surface area (Å²) < 4.78 is 55.7. The van der Waals surface area contributed by atoms with Gasteiger partial charge in [0.2, 0.25) is 21.9 Å². The van der Waals surface area contributed by atoms with E-state index in [-0.39, 0.29) is 29.9 Å². The number of rotatable bonds is 10. The van der Waals surface area contributed by atoms with Gasteiger partial charge in [-0.15, -0.1) is 12.4 Å². The summed E-state index contributed by atoms with van der Waals surface area (Å²) in [5, 5.41) is 7.64. The molecule has 3 N–H and O–H groups in total. The fourth-order valence-electron chi connectivity index (χ4n) is 5.37. The summed E-state index contributed by atoms with van der Waals surface area (Å²) >= 11 is 0. The number of nitrogens with zero attached hydrogens (tertiary/aromatic N) is 3. The predicted octanol–water partition coefficient (Wildman–Crippen LogP) is 6.47. The number of ether oxygens (including phenoxy) is 2. The van der Waals surface area contributed by atoms with Crippen LogP contribution in [0.3, 0.4) is 0 Å². The number of piperidine rings is 1. The van der Waals surface area contributed by atoms with Crippen molar-refractivity contribution < 1.29 is 22.3 Å². The second-order valence-electron chi connectivity index (χ2n) is 10.9. The SMILES string of the molecule is COc1cccc(CS(=O)(=O)Nc2c(F)ccc3c(Oc4ncccc4-c4ccnc(NC5CCCNC5)n4)c(C)ccc23)c1.Cl. The number of pyridine rings is 1. The molecule has 1 aliphatic heterocycles. The molecule has 240 valence electrons. The molecule has 6 rings (SSSR count). The summed E-state index contributed by atoms with van der Waals surface area (Å²) in [6, 6.07) is 18.6. The standard InChI is InChI=1S/C33H33FN6O4S.ClH/c1-21-10-11-25-26(12-13-28(34)30(25)40-45(41,42)20-22-6-3-8-24(18-22)43-2)31(21)44-32-27(9-5-16-36-32)29-14-17-37-33(39-29)38-23-7-4-15-35-19-23;/h3,5-6,8-14,16-18,23,35,40H,4,7,15,19-20H2,1-2H3,(H,37,38,39);1H. The summed E-state index contributed by atoms with van der Waals surface area (Å²) in [4.78, 5) is 13.6. The Labute approximate surface area is 273 Å².